The second-order valence-electron chi connectivity index (χ2n) is 5.12. The SMILES string of the molecule is COc1ccc(C(O)CCCc2ccccc2)c(C)c1. The molecule has 0 fully saturated rings. The van der Waals surface area contributed by atoms with Gasteiger partial charge in [0.2, 0.25) is 0 Å². The minimum absolute atomic E-state index is 0.399. The Morgan fingerprint density at radius 3 is 2.50 bits per heavy atom. The van der Waals surface area contributed by atoms with Crippen LogP contribution in [-0.4, -0.2) is 12.2 Å². The van der Waals surface area contributed by atoms with E-state index in [2.05, 4.69) is 24.3 Å². The average molecular weight is 270 g/mol. The highest BCUT2D eigenvalue weighted by Gasteiger charge is 2.10. The molecule has 2 aromatic rings. The Bertz CT molecular complexity index is 534. The maximum absolute atomic E-state index is 10.3. The van der Waals surface area contributed by atoms with Crippen molar-refractivity contribution in [3.63, 3.8) is 0 Å². The Kier molecular flexibility index (Phi) is 5.19. The van der Waals surface area contributed by atoms with Crippen LogP contribution in [0, 0.1) is 6.92 Å². The van der Waals surface area contributed by atoms with Gasteiger partial charge in [0.05, 0.1) is 13.2 Å². The van der Waals surface area contributed by atoms with E-state index in [9.17, 15) is 5.11 Å². The maximum atomic E-state index is 10.3. The first-order valence-corrected chi connectivity index (χ1v) is 7.07. The molecule has 0 saturated heterocycles. The number of aliphatic hydroxyl groups excluding tert-OH is 1. The topological polar surface area (TPSA) is 29.5 Å². The summed E-state index contributed by atoms with van der Waals surface area (Å²) in [6.45, 7) is 2.01. The van der Waals surface area contributed by atoms with Crippen molar-refractivity contribution in [1.82, 2.24) is 0 Å². The van der Waals surface area contributed by atoms with Gasteiger partial charge in [0.1, 0.15) is 5.75 Å². The minimum atomic E-state index is -0.399. The van der Waals surface area contributed by atoms with E-state index in [1.165, 1.54) is 5.56 Å². The zero-order valence-corrected chi connectivity index (χ0v) is 12.2. The number of methoxy groups -OCH3 is 1. The van der Waals surface area contributed by atoms with Crippen molar-refractivity contribution in [3.05, 3.63) is 65.2 Å². The van der Waals surface area contributed by atoms with Crippen LogP contribution in [-0.2, 0) is 6.42 Å². The number of aryl methyl sites for hydroxylation is 2. The molecule has 0 aliphatic heterocycles. The molecule has 20 heavy (non-hydrogen) atoms. The lowest BCUT2D eigenvalue weighted by Gasteiger charge is -2.14. The van der Waals surface area contributed by atoms with Crippen molar-refractivity contribution in [2.45, 2.75) is 32.3 Å². The summed E-state index contributed by atoms with van der Waals surface area (Å²) in [6.07, 6.45) is 2.37. The van der Waals surface area contributed by atoms with Gasteiger partial charge in [0, 0.05) is 0 Å². The van der Waals surface area contributed by atoms with E-state index < -0.39 is 6.10 Å². The van der Waals surface area contributed by atoms with Crippen LogP contribution in [0.3, 0.4) is 0 Å². The van der Waals surface area contributed by atoms with Gasteiger partial charge in [-0.3, -0.25) is 0 Å². The summed E-state index contributed by atoms with van der Waals surface area (Å²) in [6, 6.07) is 16.2. The first-order valence-electron chi connectivity index (χ1n) is 7.07. The molecular formula is C18H22O2. The van der Waals surface area contributed by atoms with Gasteiger partial charge in [-0.2, -0.15) is 0 Å². The Labute approximate surface area is 121 Å². The quantitative estimate of drug-likeness (QED) is 0.857. The number of hydrogen-bond donors (Lipinski definition) is 1. The van der Waals surface area contributed by atoms with Crippen molar-refractivity contribution in [2.75, 3.05) is 7.11 Å². The van der Waals surface area contributed by atoms with Crippen LogP contribution in [0.25, 0.3) is 0 Å². The molecule has 2 rings (SSSR count). The summed E-state index contributed by atoms with van der Waals surface area (Å²) in [5.41, 5.74) is 3.40. The molecule has 1 atom stereocenters. The van der Waals surface area contributed by atoms with E-state index in [-0.39, 0.29) is 0 Å². The molecule has 0 saturated carbocycles. The Hall–Kier alpha value is -1.80. The number of benzene rings is 2. The van der Waals surface area contributed by atoms with Crippen molar-refractivity contribution >= 4 is 0 Å². The number of hydrogen-bond acceptors (Lipinski definition) is 2. The third-order valence-corrected chi connectivity index (χ3v) is 3.62. The fraction of sp³-hybridized carbons (Fsp3) is 0.333. The molecule has 0 radical (unpaired) electrons. The second kappa shape index (κ2) is 7.11. The van der Waals surface area contributed by atoms with Crippen LogP contribution in [0.5, 0.6) is 5.75 Å². The predicted molar refractivity (Wildman–Crippen MR) is 82.1 cm³/mol. The molecule has 0 aliphatic rings. The number of ether oxygens (including phenoxy) is 1. The first kappa shape index (κ1) is 14.6. The smallest absolute Gasteiger partial charge is 0.119 e. The minimum Gasteiger partial charge on any atom is -0.497 e. The van der Waals surface area contributed by atoms with E-state index in [0.717, 1.165) is 36.1 Å². The molecule has 2 heteroatoms. The van der Waals surface area contributed by atoms with E-state index in [0.29, 0.717) is 0 Å². The molecule has 1 N–H and O–H groups in total. The van der Waals surface area contributed by atoms with Crippen molar-refractivity contribution in [1.29, 1.82) is 0 Å². The van der Waals surface area contributed by atoms with Crippen LogP contribution in [0.1, 0.15) is 35.6 Å². The lowest BCUT2D eigenvalue weighted by Crippen LogP contribution is -2.01. The lowest BCUT2D eigenvalue weighted by molar-refractivity contribution is 0.164. The average Bonchev–Trinajstić information content (AvgIpc) is 2.48. The summed E-state index contributed by atoms with van der Waals surface area (Å²) < 4.78 is 5.19. The predicted octanol–water partition coefficient (Wildman–Crippen LogP) is 4.06. The van der Waals surface area contributed by atoms with Crippen molar-refractivity contribution < 1.29 is 9.84 Å². The Morgan fingerprint density at radius 1 is 1.10 bits per heavy atom. The van der Waals surface area contributed by atoms with Gasteiger partial charge in [-0.05, 0) is 55.0 Å². The van der Waals surface area contributed by atoms with E-state index in [4.69, 9.17) is 4.74 Å². The van der Waals surface area contributed by atoms with Gasteiger partial charge in [0.15, 0.2) is 0 Å². The van der Waals surface area contributed by atoms with Crippen molar-refractivity contribution in [2.24, 2.45) is 0 Å². The third kappa shape index (κ3) is 3.84. The van der Waals surface area contributed by atoms with Crippen molar-refractivity contribution in [3.8, 4) is 5.75 Å². The Morgan fingerprint density at radius 2 is 1.85 bits per heavy atom. The largest absolute Gasteiger partial charge is 0.497 e. The maximum Gasteiger partial charge on any atom is 0.119 e. The third-order valence-electron chi connectivity index (χ3n) is 3.62. The van der Waals surface area contributed by atoms with E-state index in [1.807, 2.05) is 31.2 Å². The van der Waals surface area contributed by atoms with Gasteiger partial charge in [-0.25, -0.2) is 0 Å². The number of rotatable bonds is 6. The van der Waals surface area contributed by atoms with Crippen LogP contribution in [0.2, 0.25) is 0 Å². The zero-order valence-electron chi connectivity index (χ0n) is 12.2. The highest BCUT2D eigenvalue weighted by atomic mass is 16.5. The molecule has 0 aromatic heterocycles. The van der Waals surface area contributed by atoms with Crippen LogP contribution >= 0.6 is 0 Å². The lowest BCUT2D eigenvalue weighted by atomic mass is 9.98. The highest BCUT2D eigenvalue weighted by Crippen LogP contribution is 2.25. The fourth-order valence-electron chi connectivity index (χ4n) is 2.45. The van der Waals surface area contributed by atoms with E-state index >= 15 is 0 Å². The van der Waals surface area contributed by atoms with Crippen LogP contribution < -0.4 is 4.74 Å². The van der Waals surface area contributed by atoms with Gasteiger partial charge >= 0.3 is 0 Å². The molecule has 106 valence electrons. The molecule has 0 spiro atoms. The molecule has 2 nitrogen and oxygen atoms in total. The summed E-state index contributed by atoms with van der Waals surface area (Å²) in [4.78, 5) is 0. The molecule has 2 aromatic carbocycles. The summed E-state index contributed by atoms with van der Waals surface area (Å²) in [7, 11) is 1.66. The summed E-state index contributed by atoms with van der Waals surface area (Å²) in [5, 5.41) is 10.3. The van der Waals surface area contributed by atoms with Crippen LogP contribution in [0.4, 0.5) is 0 Å². The Balaban J connectivity index is 1.90. The first-order chi connectivity index (χ1) is 9.70. The molecule has 0 amide bonds. The monoisotopic (exact) mass is 270 g/mol. The van der Waals surface area contributed by atoms with Gasteiger partial charge in [-0.15, -0.1) is 0 Å². The molecule has 0 aliphatic carbocycles. The van der Waals surface area contributed by atoms with Gasteiger partial charge in [-0.1, -0.05) is 36.4 Å². The van der Waals surface area contributed by atoms with E-state index in [1.54, 1.807) is 7.11 Å². The standard InChI is InChI=1S/C18H22O2/c1-14-13-16(20-2)11-12-17(14)18(19)10-6-9-15-7-4-3-5-8-15/h3-5,7-8,11-13,18-19H,6,9-10H2,1-2H3. The van der Waals surface area contributed by atoms with Crippen LogP contribution in [0.15, 0.2) is 48.5 Å². The van der Waals surface area contributed by atoms with Gasteiger partial charge < -0.3 is 9.84 Å². The fourth-order valence-corrected chi connectivity index (χ4v) is 2.45. The molecular weight excluding hydrogens is 248 g/mol. The molecule has 1 unspecified atom stereocenters. The molecule has 0 bridgehead atoms. The zero-order chi connectivity index (χ0) is 14.4. The summed E-state index contributed by atoms with van der Waals surface area (Å²) in [5.74, 6) is 0.836. The van der Waals surface area contributed by atoms with Gasteiger partial charge in [0.25, 0.3) is 0 Å². The second-order valence-corrected chi connectivity index (χ2v) is 5.12. The molecule has 0 heterocycles. The summed E-state index contributed by atoms with van der Waals surface area (Å²) >= 11 is 0. The normalized spacial score (nSPS) is 12.2. The highest BCUT2D eigenvalue weighted by molar-refractivity contribution is 5.36. The number of aliphatic hydroxyl groups is 1.